The summed E-state index contributed by atoms with van der Waals surface area (Å²) in [5.74, 6) is -0.226. The van der Waals surface area contributed by atoms with Crippen LogP contribution in [0.2, 0.25) is 0 Å². The maximum Gasteiger partial charge on any atom is 0.224 e. The predicted molar refractivity (Wildman–Crippen MR) is 90.8 cm³/mol. The molecule has 0 saturated carbocycles. The largest absolute Gasteiger partial charge is 0.355 e. The highest BCUT2D eigenvalue weighted by atomic mass is 35.5. The third-order valence-corrected chi connectivity index (χ3v) is 4.16. The number of carbonyl (C=O) groups is 1. The van der Waals surface area contributed by atoms with E-state index in [0.717, 1.165) is 12.0 Å². The third-order valence-electron chi connectivity index (χ3n) is 3.43. The van der Waals surface area contributed by atoms with E-state index in [1.54, 1.807) is 11.3 Å². The quantitative estimate of drug-likeness (QED) is 0.857. The van der Waals surface area contributed by atoms with Gasteiger partial charge in [-0.05, 0) is 34.4 Å². The van der Waals surface area contributed by atoms with Crippen LogP contribution in [0.5, 0.6) is 0 Å². The van der Waals surface area contributed by atoms with E-state index < -0.39 is 0 Å². The van der Waals surface area contributed by atoms with Gasteiger partial charge in [-0.3, -0.25) is 4.79 Å². The molecule has 2 atom stereocenters. The minimum Gasteiger partial charge on any atom is -0.355 e. The zero-order valence-electron chi connectivity index (χ0n) is 12.0. The average molecular weight is 325 g/mol. The fraction of sp³-hybridized carbons (Fsp3) is 0.312. The van der Waals surface area contributed by atoms with Crippen LogP contribution in [0, 0.1) is 5.92 Å². The Labute approximate surface area is 136 Å². The molecule has 2 rings (SSSR count). The van der Waals surface area contributed by atoms with Crippen LogP contribution in [0.3, 0.4) is 0 Å². The van der Waals surface area contributed by atoms with Crippen LogP contribution >= 0.6 is 23.7 Å². The van der Waals surface area contributed by atoms with Crippen molar-refractivity contribution in [3.63, 3.8) is 0 Å². The Bertz CT molecular complexity index is 530. The lowest BCUT2D eigenvalue weighted by Gasteiger charge is -2.19. The van der Waals surface area contributed by atoms with E-state index in [0.29, 0.717) is 6.54 Å². The fourth-order valence-electron chi connectivity index (χ4n) is 2.05. The van der Waals surface area contributed by atoms with E-state index in [2.05, 4.69) is 16.8 Å². The minimum absolute atomic E-state index is 0. The van der Waals surface area contributed by atoms with Crippen LogP contribution in [0.1, 0.15) is 24.1 Å². The number of amides is 1. The van der Waals surface area contributed by atoms with E-state index in [-0.39, 0.29) is 30.3 Å². The van der Waals surface area contributed by atoms with Gasteiger partial charge in [0.1, 0.15) is 0 Å². The molecule has 0 aliphatic rings. The Kier molecular flexibility index (Phi) is 7.43. The van der Waals surface area contributed by atoms with E-state index >= 15 is 0 Å². The Hall–Kier alpha value is -1.36. The van der Waals surface area contributed by atoms with Gasteiger partial charge in [0.15, 0.2) is 0 Å². The molecule has 1 heterocycles. The normalized spacial score (nSPS) is 13.0. The first-order valence-electron chi connectivity index (χ1n) is 6.78. The van der Waals surface area contributed by atoms with Crippen LogP contribution in [0.25, 0.3) is 0 Å². The molecular weight excluding hydrogens is 304 g/mol. The molecule has 114 valence electrons. The summed E-state index contributed by atoms with van der Waals surface area (Å²) in [6, 6.07) is 11.6. The SMILES string of the molecule is CC(C(=O)NCCc1ccsc1)C(N)c1ccccc1.Cl. The van der Waals surface area contributed by atoms with Gasteiger partial charge in [-0.1, -0.05) is 37.3 Å². The van der Waals surface area contributed by atoms with Crippen LogP contribution < -0.4 is 11.1 Å². The topological polar surface area (TPSA) is 55.1 Å². The van der Waals surface area contributed by atoms with Gasteiger partial charge < -0.3 is 11.1 Å². The smallest absolute Gasteiger partial charge is 0.224 e. The average Bonchev–Trinajstić information content (AvgIpc) is 2.99. The highest BCUT2D eigenvalue weighted by molar-refractivity contribution is 7.07. The van der Waals surface area contributed by atoms with E-state index in [9.17, 15) is 4.79 Å². The first kappa shape index (κ1) is 17.7. The summed E-state index contributed by atoms with van der Waals surface area (Å²) in [6.45, 7) is 2.53. The van der Waals surface area contributed by atoms with Crippen molar-refractivity contribution in [3.8, 4) is 0 Å². The number of nitrogens with two attached hydrogens (primary N) is 1. The summed E-state index contributed by atoms with van der Waals surface area (Å²) in [7, 11) is 0. The van der Waals surface area contributed by atoms with Gasteiger partial charge in [-0.15, -0.1) is 12.4 Å². The first-order chi connectivity index (χ1) is 9.68. The van der Waals surface area contributed by atoms with Gasteiger partial charge in [0.25, 0.3) is 0 Å². The van der Waals surface area contributed by atoms with Gasteiger partial charge >= 0.3 is 0 Å². The minimum atomic E-state index is -0.266. The van der Waals surface area contributed by atoms with Crippen molar-refractivity contribution < 1.29 is 4.79 Å². The summed E-state index contributed by atoms with van der Waals surface area (Å²) in [5, 5.41) is 7.11. The van der Waals surface area contributed by atoms with Gasteiger partial charge in [0.2, 0.25) is 5.91 Å². The van der Waals surface area contributed by atoms with E-state index in [1.165, 1.54) is 5.56 Å². The maximum absolute atomic E-state index is 12.1. The molecule has 3 N–H and O–H groups in total. The highest BCUT2D eigenvalue weighted by Crippen LogP contribution is 2.19. The molecule has 0 saturated heterocycles. The van der Waals surface area contributed by atoms with Crippen molar-refractivity contribution in [3.05, 3.63) is 58.3 Å². The first-order valence-corrected chi connectivity index (χ1v) is 7.72. The van der Waals surface area contributed by atoms with Crippen molar-refractivity contribution >= 4 is 29.7 Å². The Morgan fingerprint density at radius 2 is 2.00 bits per heavy atom. The molecule has 5 heteroatoms. The third kappa shape index (κ3) is 5.16. The van der Waals surface area contributed by atoms with E-state index in [4.69, 9.17) is 5.73 Å². The van der Waals surface area contributed by atoms with Gasteiger partial charge in [0, 0.05) is 12.6 Å². The van der Waals surface area contributed by atoms with Gasteiger partial charge in [0.05, 0.1) is 5.92 Å². The second-order valence-corrected chi connectivity index (χ2v) is 5.68. The molecule has 2 aromatic rings. The number of thiophene rings is 1. The summed E-state index contributed by atoms with van der Waals surface area (Å²) in [5.41, 5.74) is 8.40. The predicted octanol–water partition coefficient (Wildman–Crippen LogP) is 3.16. The van der Waals surface area contributed by atoms with Gasteiger partial charge in [-0.2, -0.15) is 11.3 Å². The number of halogens is 1. The molecule has 3 nitrogen and oxygen atoms in total. The molecule has 0 aliphatic heterocycles. The Balaban J connectivity index is 0.00000220. The van der Waals surface area contributed by atoms with Crippen molar-refractivity contribution in [2.45, 2.75) is 19.4 Å². The second-order valence-electron chi connectivity index (χ2n) is 4.90. The van der Waals surface area contributed by atoms with Crippen molar-refractivity contribution in [2.75, 3.05) is 6.54 Å². The molecule has 0 spiro atoms. The number of carbonyl (C=O) groups excluding carboxylic acids is 1. The van der Waals surface area contributed by atoms with Crippen LogP contribution in [0.15, 0.2) is 47.2 Å². The van der Waals surface area contributed by atoms with Crippen LogP contribution in [0.4, 0.5) is 0 Å². The molecular formula is C16H21ClN2OS. The zero-order chi connectivity index (χ0) is 14.4. The molecule has 1 aromatic carbocycles. The molecule has 0 radical (unpaired) electrons. The number of hydrogen-bond donors (Lipinski definition) is 2. The molecule has 0 aliphatic carbocycles. The number of rotatable bonds is 6. The van der Waals surface area contributed by atoms with Crippen molar-refractivity contribution in [1.82, 2.24) is 5.32 Å². The summed E-state index contributed by atoms with van der Waals surface area (Å²) in [4.78, 5) is 12.1. The summed E-state index contributed by atoms with van der Waals surface area (Å²) >= 11 is 1.67. The molecule has 1 amide bonds. The molecule has 21 heavy (non-hydrogen) atoms. The van der Waals surface area contributed by atoms with Crippen LogP contribution in [-0.4, -0.2) is 12.5 Å². The lowest BCUT2D eigenvalue weighted by atomic mass is 9.94. The van der Waals surface area contributed by atoms with Crippen molar-refractivity contribution in [2.24, 2.45) is 11.7 Å². The van der Waals surface area contributed by atoms with Gasteiger partial charge in [-0.25, -0.2) is 0 Å². The summed E-state index contributed by atoms with van der Waals surface area (Å²) < 4.78 is 0. The molecule has 0 fully saturated rings. The molecule has 0 bridgehead atoms. The maximum atomic E-state index is 12.1. The number of benzene rings is 1. The summed E-state index contributed by atoms with van der Waals surface area (Å²) in [6.07, 6.45) is 0.864. The number of nitrogens with one attached hydrogen (secondary N) is 1. The van der Waals surface area contributed by atoms with Crippen LogP contribution in [-0.2, 0) is 11.2 Å². The fourth-order valence-corrected chi connectivity index (χ4v) is 2.76. The zero-order valence-corrected chi connectivity index (χ0v) is 13.6. The molecule has 2 unspecified atom stereocenters. The lowest BCUT2D eigenvalue weighted by molar-refractivity contribution is -0.125. The Morgan fingerprint density at radius 1 is 1.29 bits per heavy atom. The number of hydrogen-bond acceptors (Lipinski definition) is 3. The Morgan fingerprint density at radius 3 is 2.62 bits per heavy atom. The second kappa shape index (κ2) is 8.82. The standard InChI is InChI=1S/C16H20N2OS.ClH/c1-12(15(17)14-5-3-2-4-6-14)16(19)18-9-7-13-8-10-20-11-13;/h2-6,8,10-12,15H,7,9,17H2,1H3,(H,18,19);1H. The van der Waals surface area contributed by atoms with E-state index in [1.807, 2.05) is 42.6 Å². The van der Waals surface area contributed by atoms with Crippen molar-refractivity contribution in [1.29, 1.82) is 0 Å². The highest BCUT2D eigenvalue weighted by Gasteiger charge is 2.21. The molecule has 1 aromatic heterocycles. The lowest BCUT2D eigenvalue weighted by Crippen LogP contribution is -2.36. The monoisotopic (exact) mass is 324 g/mol.